The Kier molecular flexibility index (Phi) is 5.90. The number of aromatic nitrogens is 2. The summed E-state index contributed by atoms with van der Waals surface area (Å²) in [6, 6.07) is 17.1. The Labute approximate surface area is 185 Å². The molecule has 0 unspecified atom stereocenters. The van der Waals surface area contributed by atoms with Gasteiger partial charge < -0.3 is 0 Å². The summed E-state index contributed by atoms with van der Waals surface area (Å²) in [6.45, 7) is 3.67. The van der Waals surface area contributed by atoms with Crippen molar-refractivity contribution in [3.8, 4) is 0 Å². The first kappa shape index (κ1) is 21.9. The molecule has 4 aromatic rings. The van der Waals surface area contributed by atoms with E-state index < -0.39 is 15.8 Å². The minimum absolute atomic E-state index is 0.00532. The number of halogens is 1. The quantitative estimate of drug-likeness (QED) is 0.447. The molecule has 0 N–H and O–H groups in total. The second-order valence-electron chi connectivity index (χ2n) is 7.73. The molecule has 0 aliphatic carbocycles. The Morgan fingerprint density at radius 1 is 0.906 bits per heavy atom. The molecule has 0 atom stereocenters. The van der Waals surface area contributed by atoms with E-state index in [0.717, 1.165) is 11.1 Å². The molecular weight excluding hydrogens is 429 g/mol. The van der Waals surface area contributed by atoms with Gasteiger partial charge in [-0.25, -0.2) is 17.8 Å². The van der Waals surface area contributed by atoms with E-state index in [4.69, 9.17) is 0 Å². The molecule has 2 aromatic heterocycles. The van der Waals surface area contributed by atoms with Crippen molar-refractivity contribution in [2.45, 2.75) is 31.8 Å². The first-order valence-corrected chi connectivity index (χ1v) is 11.5. The summed E-state index contributed by atoms with van der Waals surface area (Å²) in [7, 11) is -3.91. The van der Waals surface area contributed by atoms with Crippen LogP contribution in [0.25, 0.3) is 5.65 Å². The molecule has 2 heterocycles. The zero-order chi connectivity index (χ0) is 22.9. The molecule has 32 heavy (non-hydrogen) atoms. The lowest BCUT2D eigenvalue weighted by Crippen LogP contribution is -2.31. The fourth-order valence-corrected chi connectivity index (χ4v) is 4.79. The van der Waals surface area contributed by atoms with Crippen LogP contribution < -0.4 is 5.56 Å². The number of sulfonamides is 1. The first-order valence-electron chi connectivity index (χ1n) is 10.0. The Morgan fingerprint density at radius 2 is 1.59 bits per heavy atom. The van der Waals surface area contributed by atoms with Crippen molar-refractivity contribution in [3.63, 3.8) is 0 Å². The molecule has 0 saturated heterocycles. The average Bonchev–Trinajstić information content (AvgIpc) is 2.75. The SMILES string of the molecule is Cc1ccc(S(=O)(=O)N(Cc2ccc(F)cc2)Cc2cc(=O)n3ccc(C)cc3n2)cc1. The average molecular weight is 452 g/mol. The van der Waals surface area contributed by atoms with Crippen LogP contribution in [0.1, 0.15) is 22.4 Å². The van der Waals surface area contributed by atoms with E-state index in [1.165, 1.54) is 26.9 Å². The Bertz CT molecular complexity index is 1430. The smallest absolute Gasteiger partial charge is 0.258 e. The molecule has 0 aliphatic heterocycles. The fraction of sp³-hybridized carbons (Fsp3) is 0.167. The number of pyridine rings is 1. The standard InChI is InChI=1S/C24H22FN3O3S/c1-17-3-9-22(10-4-17)32(30,31)27(15-19-5-7-20(25)8-6-19)16-21-14-24(29)28-12-11-18(2)13-23(28)26-21/h3-14H,15-16H2,1-2H3. The molecule has 0 aliphatic rings. The lowest BCUT2D eigenvalue weighted by molar-refractivity contribution is 0.396. The summed E-state index contributed by atoms with van der Waals surface area (Å²) in [5, 5.41) is 0. The second-order valence-corrected chi connectivity index (χ2v) is 9.67. The monoisotopic (exact) mass is 451 g/mol. The van der Waals surface area contributed by atoms with Crippen molar-refractivity contribution in [2.24, 2.45) is 0 Å². The van der Waals surface area contributed by atoms with E-state index in [2.05, 4.69) is 4.98 Å². The van der Waals surface area contributed by atoms with Crippen molar-refractivity contribution in [2.75, 3.05) is 0 Å². The molecule has 0 fully saturated rings. The van der Waals surface area contributed by atoms with Crippen molar-refractivity contribution in [1.29, 1.82) is 0 Å². The van der Waals surface area contributed by atoms with Crippen LogP contribution >= 0.6 is 0 Å². The van der Waals surface area contributed by atoms with Crippen LogP contribution in [0.3, 0.4) is 0 Å². The van der Waals surface area contributed by atoms with E-state index in [0.29, 0.717) is 16.9 Å². The van der Waals surface area contributed by atoms with Crippen LogP contribution in [0.15, 0.2) is 82.6 Å². The van der Waals surface area contributed by atoms with Gasteiger partial charge in [-0.15, -0.1) is 0 Å². The van der Waals surface area contributed by atoms with Gasteiger partial charge in [-0.2, -0.15) is 4.31 Å². The minimum atomic E-state index is -3.91. The number of rotatable bonds is 6. The van der Waals surface area contributed by atoms with Crippen molar-refractivity contribution in [3.05, 3.63) is 111 Å². The van der Waals surface area contributed by atoms with Gasteiger partial charge >= 0.3 is 0 Å². The van der Waals surface area contributed by atoms with Crippen LogP contribution in [0.4, 0.5) is 4.39 Å². The van der Waals surface area contributed by atoms with Crippen LogP contribution in [0.5, 0.6) is 0 Å². The van der Waals surface area contributed by atoms with Gasteiger partial charge in [0.1, 0.15) is 11.5 Å². The van der Waals surface area contributed by atoms with Gasteiger partial charge in [-0.1, -0.05) is 29.8 Å². The highest BCUT2D eigenvalue weighted by Crippen LogP contribution is 2.21. The van der Waals surface area contributed by atoms with Crippen LogP contribution in [0, 0.1) is 19.7 Å². The molecule has 0 amide bonds. The van der Waals surface area contributed by atoms with E-state index in [9.17, 15) is 17.6 Å². The number of benzene rings is 2. The molecular formula is C24H22FN3O3S. The highest BCUT2D eigenvalue weighted by Gasteiger charge is 2.26. The molecule has 0 spiro atoms. The lowest BCUT2D eigenvalue weighted by atomic mass is 10.2. The number of aryl methyl sites for hydroxylation is 2. The van der Waals surface area contributed by atoms with Gasteiger partial charge in [-0.05, 0) is 61.4 Å². The van der Waals surface area contributed by atoms with E-state index in [1.807, 2.05) is 13.8 Å². The molecule has 4 rings (SSSR count). The maximum absolute atomic E-state index is 13.5. The predicted octanol–water partition coefficient (Wildman–Crippen LogP) is 3.84. The molecule has 0 radical (unpaired) electrons. The number of hydrogen-bond acceptors (Lipinski definition) is 4. The van der Waals surface area contributed by atoms with Gasteiger partial charge in [0.25, 0.3) is 5.56 Å². The van der Waals surface area contributed by atoms with Crippen molar-refractivity contribution in [1.82, 2.24) is 13.7 Å². The zero-order valence-corrected chi connectivity index (χ0v) is 18.5. The third kappa shape index (κ3) is 4.61. The van der Waals surface area contributed by atoms with Gasteiger partial charge in [0.05, 0.1) is 17.1 Å². The van der Waals surface area contributed by atoms with E-state index in [1.54, 1.807) is 54.7 Å². The zero-order valence-electron chi connectivity index (χ0n) is 17.7. The molecule has 8 heteroatoms. The van der Waals surface area contributed by atoms with Crippen molar-refractivity contribution < 1.29 is 12.8 Å². The molecule has 164 valence electrons. The predicted molar refractivity (Wildman–Crippen MR) is 120 cm³/mol. The number of fused-ring (bicyclic) bond motifs is 1. The third-order valence-corrected chi connectivity index (χ3v) is 6.95. The summed E-state index contributed by atoms with van der Waals surface area (Å²) >= 11 is 0. The highest BCUT2D eigenvalue weighted by molar-refractivity contribution is 7.89. The Hall–Kier alpha value is -3.36. The van der Waals surface area contributed by atoms with Gasteiger partial charge in [0, 0.05) is 18.8 Å². The van der Waals surface area contributed by atoms with Gasteiger partial charge in [0.2, 0.25) is 10.0 Å². The molecule has 2 aromatic carbocycles. The highest BCUT2D eigenvalue weighted by atomic mass is 32.2. The molecule has 6 nitrogen and oxygen atoms in total. The second kappa shape index (κ2) is 8.64. The summed E-state index contributed by atoms with van der Waals surface area (Å²) in [4.78, 5) is 17.2. The summed E-state index contributed by atoms with van der Waals surface area (Å²) in [5.41, 5.74) is 2.98. The normalized spacial score (nSPS) is 11.9. The van der Waals surface area contributed by atoms with Gasteiger partial charge in [-0.3, -0.25) is 9.20 Å². The summed E-state index contributed by atoms with van der Waals surface area (Å²) < 4.78 is 42.9. The summed E-state index contributed by atoms with van der Waals surface area (Å²) in [6.07, 6.45) is 1.64. The third-order valence-electron chi connectivity index (χ3n) is 5.15. The van der Waals surface area contributed by atoms with E-state index in [-0.39, 0.29) is 23.5 Å². The van der Waals surface area contributed by atoms with Crippen LogP contribution in [-0.2, 0) is 23.1 Å². The number of nitrogens with zero attached hydrogens (tertiary/aromatic N) is 3. The number of hydrogen-bond donors (Lipinski definition) is 0. The van der Waals surface area contributed by atoms with Crippen LogP contribution in [-0.4, -0.2) is 22.1 Å². The van der Waals surface area contributed by atoms with Crippen molar-refractivity contribution >= 4 is 15.7 Å². The van der Waals surface area contributed by atoms with Gasteiger partial charge in [0.15, 0.2) is 0 Å². The first-order chi connectivity index (χ1) is 15.2. The van der Waals surface area contributed by atoms with Crippen LogP contribution in [0.2, 0.25) is 0 Å². The minimum Gasteiger partial charge on any atom is -0.269 e. The maximum atomic E-state index is 13.5. The fourth-order valence-electron chi connectivity index (χ4n) is 3.39. The lowest BCUT2D eigenvalue weighted by Gasteiger charge is -2.22. The Morgan fingerprint density at radius 3 is 2.28 bits per heavy atom. The summed E-state index contributed by atoms with van der Waals surface area (Å²) in [5.74, 6) is -0.402. The Balaban J connectivity index is 1.76. The maximum Gasteiger partial charge on any atom is 0.258 e. The van der Waals surface area contributed by atoms with E-state index >= 15 is 0 Å². The molecule has 0 saturated carbocycles. The molecule has 0 bridgehead atoms. The largest absolute Gasteiger partial charge is 0.269 e. The topological polar surface area (TPSA) is 71.8 Å².